The van der Waals surface area contributed by atoms with E-state index < -0.39 is 0 Å². The minimum Gasteiger partial charge on any atom is -0.458 e. The first-order valence-electron chi connectivity index (χ1n) is 25.8. The van der Waals surface area contributed by atoms with E-state index in [1.54, 1.807) is 0 Å². The lowest BCUT2D eigenvalue weighted by atomic mass is 9.30. The fourth-order valence-corrected chi connectivity index (χ4v) is 13.3. The van der Waals surface area contributed by atoms with Gasteiger partial charge in [-0.3, -0.25) is 0 Å². The van der Waals surface area contributed by atoms with E-state index in [-0.39, 0.29) is 13.4 Å². The van der Waals surface area contributed by atoms with Gasteiger partial charge in [0.2, 0.25) is 0 Å². The molecule has 0 radical (unpaired) electrons. The molecule has 11 aromatic rings. The summed E-state index contributed by atoms with van der Waals surface area (Å²) in [4.78, 5) is 5.04. The minimum absolute atomic E-state index is 0.0634. The van der Waals surface area contributed by atoms with E-state index >= 15 is 0 Å². The molecule has 1 aromatic heterocycles. The topological polar surface area (TPSA) is 20.6 Å². The van der Waals surface area contributed by atoms with E-state index in [0.717, 1.165) is 39.8 Å². The Labute approximate surface area is 427 Å². The molecule has 0 aliphatic carbocycles. The molecule has 10 aromatic carbocycles. The van der Waals surface area contributed by atoms with Crippen molar-refractivity contribution >= 4 is 102 Å². The Morgan fingerprint density at radius 3 is 1.63 bits per heavy atom. The van der Waals surface area contributed by atoms with Gasteiger partial charge in [-0.05, 0) is 187 Å². The Morgan fingerprint density at radius 1 is 0.356 bits per heavy atom. The highest BCUT2D eigenvalue weighted by Gasteiger charge is 2.47. The fourth-order valence-electron chi connectivity index (χ4n) is 13.3. The van der Waals surface area contributed by atoms with Crippen LogP contribution in [0.3, 0.4) is 0 Å². The van der Waals surface area contributed by atoms with E-state index in [9.17, 15) is 0 Å². The smallest absolute Gasteiger partial charge is 0.256 e. The summed E-state index contributed by atoms with van der Waals surface area (Å²) >= 11 is 0. The Balaban J connectivity index is 1.07. The zero-order chi connectivity index (χ0) is 49.1. The molecule has 0 saturated carbocycles. The number of hydrogen-bond donors (Lipinski definition) is 0. The minimum atomic E-state index is -0.0875. The molecule has 15 rings (SSSR count). The Bertz CT molecular complexity index is 4220. The number of benzene rings is 10. The summed E-state index contributed by atoms with van der Waals surface area (Å²) in [5.74, 6) is 1.80. The average Bonchev–Trinajstić information content (AvgIpc) is 3.71. The fraction of sp³-hybridized carbons (Fsp3) is 0.104. The molecule has 0 atom stereocenters. The van der Waals surface area contributed by atoms with Crippen molar-refractivity contribution in [1.82, 2.24) is 4.57 Å². The van der Waals surface area contributed by atoms with Crippen molar-refractivity contribution in [1.29, 1.82) is 0 Å². The molecule has 346 valence electrons. The summed E-state index contributed by atoms with van der Waals surface area (Å²) in [5.41, 5.74) is 31.9. The maximum Gasteiger partial charge on any atom is 0.256 e. The van der Waals surface area contributed by atoms with Crippen molar-refractivity contribution in [3.05, 3.63) is 221 Å². The third kappa shape index (κ3) is 5.98. The van der Waals surface area contributed by atoms with Crippen LogP contribution in [0.5, 0.6) is 11.5 Å². The molecule has 4 aliphatic rings. The van der Waals surface area contributed by atoms with Gasteiger partial charge in [0.1, 0.15) is 11.5 Å². The number of fused-ring (bicyclic) bond motifs is 11. The van der Waals surface area contributed by atoms with E-state index in [1.165, 1.54) is 127 Å². The van der Waals surface area contributed by atoms with Gasteiger partial charge in [0.05, 0.1) is 5.52 Å². The van der Waals surface area contributed by atoms with E-state index in [0.29, 0.717) is 0 Å². The van der Waals surface area contributed by atoms with Gasteiger partial charge in [0.25, 0.3) is 13.4 Å². The zero-order valence-corrected chi connectivity index (χ0v) is 42.2. The molecular weight excluding hydrogens is 884 g/mol. The van der Waals surface area contributed by atoms with Crippen molar-refractivity contribution < 1.29 is 4.74 Å². The predicted octanol–water partition coefficient (Wildman–Crippen LogP) is 13.3. The SMILES string of the molecule is Cc1ccc(N2c3cccc(C)c3B3c4cc5c(cc4Oc4cc(-c6ccccc6C)cc2c43)N(c2ccc(C)cc2)c2cc(-c3ccccc3C)cc3c2B5c2cc(C)cc4c5cc(C)ccc5n-3c24)cc1. The summed E-state index contributed by atoms with van der Waals surface area (Å²) in [6.07, 6.45) is 0. The second kappa shape index (κ2) is 15.3. The third-order valence-corrected chi connectivity index (χ3v) is 16.6. The molecule has 73 heavy (non-hydrogen) atoms. The Morgan fingerprint density at radius 2 is 0.945 bits per heavy atom. The van der Waals surface area contributed by atoms with Crippen molar-refractivity contribution in [2.75, 3.05) is 9.80 Å². The number of anilines is 6. The van der Waals surface area contributed by atoms with Gasteiger partial charge in [-0.2, -0.15) is 0 Å². The summed E-state index contributed by atoms with van der Waals surface area (Å²) in [6, 6.07) is 69.2. The largest absolute Gasteiger partial charge is 0.458 e. The molecule has 6 heteroatoms. The summed E-state index contributed by atoms with van der Waals surface area (Å²) in [6.45, 7) is 15.4. The van der Waals surface area contributed by atoms with Crippen LogP contribution >= 0.6 is 0 Å². The highest BCUT2D eigenvalue weighted by molar-refractivity contribution is 7.02. The highest BCUT2D eigenvalue weighted by atomic mass is 16.5. The van der Waals surface area contributed by atoms with Crippen LogP contribution in [0.4, 0.5) is 34.1 Å². The lowest BCUT2D eigenvalue weighted by Gasteiger charge is -2.44. The van der Waals surface area contributed by atoms with Gasteiger partial charge in [0, 0.05) is 62.2 Å². The zero-order valence-electron chi connectivity index (χ0n) is 42.2. The number of aromatic nitrogens is 1. The molecule has 5 heterocycles. The highest BCUT2D eigenvalue weighted by Crippen LogP contribution is 2.48. The average molecular weight is 936 g/mol. The van der Waals surface area contributed by atoms with Crippen LogP contribution in [0.25, 0.3) is 49.7 Å². The first-order chi connectivity index (χ1) is 35.6. The number of hydrogen-bond acceptors (Lipinski definition) is 3. The second-order valence-electron chi connectivity index (χ2n) is 21.3. The lowest BCUT2D eigenvalue weighted by Crippen LogP contribution is -2.64. The maximum atomic E-state index is 7.58. The first kappa shape index (κ1) is 42.2. The quantitative estimate of drug-likeness (QED) is 0.164. The normalized spacial score (nSPS) is 13.4. The van der Waals surface area contributed by atoms with Crippen molar-refractivity contribution in [2.45, 2.75) is 48.5 Å². The number of rotatable bonds is 4. The Kier molecular flexibility index (Phi) is 8.84. The van der Waals surface area contributed by atoms with Gasteiger partial charge in [-0.25, -0.2) is 0 Å². The summed E-state index contributed by atoms with van der Waals surface area (Å²) in [7, 11) is 0. The van der Waals surface area contributed by atoms with Gasteiger partial charge in [-0.1, -0.05) is 131 Å². The molecule has 0 spiro atoms. The molecular formula is C67H51B2N3O. The number of nitrogens with zero attached hydrogens (tertiary/aromatic N) is 3. The van der Waals surface area contributed by atoms with Crippen LogP contribution in [0.2, 0.25) is 0 Å². The second-order valence-corrected chi connectivity index (χ2v) is 21.3. The third-order valence-electron chi connectivity index (χ3n) is 16.6. The van der Waals surface area contributed by atoms with Crippen molar-refractivity contribution in [2.24, 2.45) is 0 Å². The lowest BCUT2D eigenvalue weighted by molar-refractivity contribution is 0.488. The van der Waals surface area contributed by atoms with Crippen LogP contribution in [0, 0.1) is 48.5 Å². The molecule has 0 bridgehead atoms. The first-order valence-corrected chi connectivity index (χ1v) is 25.8. The van der Waals surface area contributed by atoms with Crippen LogP contribution in [-0.4, -0.2) is 18.0 Å². The molecule has 0 fully saturated rings. The molecule has 0 saturated heterocycles. The van der Waals surface area contributed by atoms with Crippen molar-refractivity contribution in [3.63, 3.8) is 0 Å². The van der Waals surface area contributed by atoms with Gasteiger partial charge in [0.15, 0.2) is 0 Å². The molecule has 4 aliphatic heterocycles. The van der Waals surface area contributed by atoms with Crippen LogP contribution in [0.15, 0.2) is 182 Å². The molecule has 0 N–H and O–H groups in total. The number of ether oxygens (including phenoxy) is 1. The number of aryl methyl sites for hydroxylation is 7. The van der Waals surface area contributed by atoms with E-state index in [1.807, 2.05) is 0 Å². The predicted molar refractivity (Wildman–Crippen MR) is 310 cm³/mol. The summed E-state index contributed by atoms with van der Waals surface area (Å²) in [5, 5.41) is 2.60. The standard InChI is InChI=1S/C67H51B2N3O/c1-38-19-24-47(25-20-38)70-57-18-12-15-44(7)64(57)69-54-36-53-58(37-62(54)73-63-35-46(34-61(70)66(63)69)50-17-11-9-14-43(50)6)71(48-26-21-39(2)22-27-48)59-32-45(49-16-10-8-13-42(49)5)33-60-65(59)68(53)55-31-41(4)30-52-51-29-40(3)23-28-56(51)72(60)67(52)55/h8-37H,1-7H3. The monoisotopic (exact) mass is 935 g/mol. The van der Waals surface area contributed by atoms with E-state index in [4.69, 9.17) is 4.74 Å². The van der Waals surface area contributed by atoms with Gasteiger partial charge in [-0.15, -0.1) is 0 Å². The van der Waals surface area contributed by atoms with Crippen LogP contribution in [-0.2, 0) is 0 Å². The molecule has 4 nitrogen and oxygen atoms in total. The molecule has 0 unspecified atom stereocenters. The van der Waals surface area contributed by atoms with Crippen LogP contribution in [0.1, 0.15) is 38.9 Å². The van der Waals surface area contributed by atoms with Crippen molar-refractivity contribution in [3.8, 4) is 39.4 Å². The van der Waals surface area contributed by atoms with Gasteiger partial charge < -0.3 is 19.1 Å². The van der Waals surface area contributed by atoms with Gasteiger partial charge >= 0.3 is 0 Å². The summed E-state index contributed by atoms with van der Waals surface area (Å²) < 4.78 is 10.2. The maximum absolute atomic E-state index is 7.58. The Hall–Kier alpha value is -8.47. The molecule has 0 amide bonds. The van der Waals surface area contributed by atoms with E-state index in [2.05, 4.69) is 245 Å². The van der Waals surface area contributed by atoms with Crippen LogP contribution < -0.4 is 47.3 Å².